The summed E-state index contributed by atoms with van der Waals surface area (Å²) in [7, 11) is 4.07. The zero-order valence-electron chi connectivity index (χ0n) is 8.66. The highest BCUT2D eigenvalue weighted by atomic mass is 35.5. The van der Waals surface area contributed by atoms with Gasteiger partial charge in [-0.05, 0) is 31.8 Å². The fourth-order valence-corrected chi connectivity index (χ4v) is 1.14. The molecule has 0 amide bonds. The Morgan fingerprint density at radius 2 is 1.86 bits per heavy atom. The van der Waals surface area contributed by atoms with Crippen molar-refractivity contribution in [2.45, 2.75) is 6.61 Å². The van der Waals surface area contributed by atoms with Gasteiger partial charge in [0, 0.05) is 11.6 Å². The van der Waals surface area contributed by atoms with E-state index in [4.69, 9.17) is 16.3 Å². The Kier molecular flexibility index (Phi) is 4.94. The zero-order valence-corrected chi connectivity index (χ0v) is 9.42. The van der Waals surface area contributed by atoms with Gasteiger partial charge in [-0.2, -0.15) is 0 Å². The third-order valence-corrected chi connectivity index (χ3v) is 2.12. The summed E-state index contributed by atoms with van der Waals surface area (Å²) >= 11 is 5.77. The van der Waals surface area contributed by atoms with Crippen LogP contribution in [0.2, 0.25) is 5.02 Å². The number of rotatable bonds is 5. The molecule has 0 saturated heterocycles. The summed E-state index contributed by atoms with van der Waals surface area (Å²) in [5.41, 5.74) is 1.16. The number of halogens is 1. The minimum atomic E-state index is 0.658. The van der Waals surface area contributed by atoms with Gasteiger partial charge in [-0.1, -0.05) is 23.7 Å². The lowest BCUT2D eigenvalue weighted by Crippen LogP contribution is -2.17. The lowest BCUT2D eigenvalue weighted by Gasteiger charge is -2.09. The van der Waals surface area contributed by atoms with Crippen molar-refractivity contribution in [2.75, 3.05) is 27.2 Å². The first-order valence-corrected chi connectivity index (χ1v) is 5.03. The van der Waals surface area contributed by atoms with Crippen LogP contribution in [0.25, 0.3) is 0 Å². The van der Waals surface area contributed by atoms with Gasteiger partial charge in [-0.15, -0.1) is 0 Å². The van der Waals surface area contributed by atoms with Crippen LogP contribution in [0.15, 0.2) is 24.3 Å². The fourth-order valence-electron chi connectivity index (χ4n) is 1.02. The largest absolute Gasteiger partial charge is 0.375 e. The summed E-state index contributed by atoms with van der Waals surface area (Å²) in [4.78, 5) is 2.10. The van der Waals surface area contributed by atoms with Crippen molar-refractivity contribution in [3.8, 4) is 0 Å². The number of benzene rings is 1. The summed E-state index contributed by atoms with van der Waals surface area (Å²) in [6.45, 7) is 2.37. The van der Waals surface area contributed by atoms with Crippen LogP contribution in [-0.2, 0) is 11.3 Å². The number of ether oxygens (including phenoxy) is 1. The molecule has 3 heteroatoms. The number of hydrogen-bond acceptors (Lipinski definition) is 2. The van der Waals surface area contributed by atoms with Crippen LogP contribution in [0.3, 0.4) is 0 Å². The van der Waals surface area contributed by atoms with E-state index in [-0.39, 0.29) is 0 Å². The fraction of sp³-hybridized carbons (Fsp3) is 0.455. The van der Waals surface area contributed by atoms with Crippen LogP contribution < -0.4 is 0 Å². The van der Waals surface area contributed by atoms with Crippen LogP contribution in [0.4, 0.5) is 0 Å². The van der Waals surface area contributed by atoms with Crippen LogP contribution in [-0.4, -0.2) is 32.1 Å². The van der Waals surface area contributed by atoms with E-state index in [9.17, 15) is 0 Å². The summed E-state index contributed by atoms with van der Waals surface area (Å²) in [5.74, 6) is 0. The van der Waals surface area contributed by atoms with Crippen molar-refractivity contribution in [2.24, 2.45) is 0 Å². The normalized spacial score (nSPS) is 10.9. The van der Waals surface area contributed by atoms with E-state index < -0.39 is 0 Å². The summed E-state index contributed by atoms with van der Waals surface area (Å²) in [6.07, 6.45) is 0. The van der Waals surface area contributed by atoms with Gasteiger partial charge in [0.25, 0.3) is 0 Å². The second kappa shape index (κ2) is 6.02. The predicted molar refractivity (Wildman–Crippen MR) is 59.7 cm³/mol. The molecule has 2 nitrogen and oxygen atoms in total. The topological polar surface area (TPSA) is 12.5 Å². The molecule has 0 N–H and O–H groups in total. The molecule has 1 aromatic rings. The number of hydrogen-bond donors (Lipinski definition) is 0. The van der Waals surface area contributed by atoms with Crippen LogP contribution in [0, 0.1) is 0 Å². The highest BCUT2D eigenvalue weighted by molar-refractivity contribution is 6.30. The average Bonchev–Trinajstić information content (AvgIpc) is 2.15. The molecule has 1 aromatic carbocycles. The van der Waals surface area contributed by atoms with Gasteiger partial charge >= 0.3 is 0 Å². The van der Waals surface area contributed by atoms with E-state index in [0.29, 0.717) is 6.61 Å². The van der Waals surface area contributed by atoms with Crippen molar-refractivity contribution in [1.82, 2.24) is 4.90 Å². The molecule has 0 fully saturated rings. The first kappa shape index (κ1) is 11.5. The first-order valence-electron chi connectivity index (χ1n) is 4.65. The summed E-state index contributed by atoms with van der Waals surface area (Å²) < 4.78 is 5.49. The van der Waals surface area contributed by atoms with Crippen LogP contribution >= 0.6 is 11.6 Å². The van der Waals surface area contributed by atoms with Gasteiger partial charge in [0.2, 0.25) is 0 Å². The van der Waals surface area contributed by atoms with Gasteiger partial charge in [0.1, 0.15) is 0 Å². The molecular weight excluding hydrogens is 198 g/mol. The minimum Gasteiger partial charge on any atom is -0.375 e. The van der Waals surface area contributed by atoms with Gasteiger partial charge in [-0.3, -0.25) is 0 Å². The number of likely N-dealkylation sites (N-methyl/N-ethyl adjacent to an activating group) is 1. The SMILES string of the molecule is CN(C)CCOCc1ccc(Cl)cc1. The lowest BCUT2D eigenvalue weighted by atomic mass is 10.2. The van der Waals surface area contributed by atoms with Gasteiger partial charge in [0.15, 0.2) is 0 Å². The average molecular weight is 214 g/mol. The van der Waals surface area contributed by atoms with Crippen molar-refractivity contribution in [3.63, 3.8) is 0 Å². The molecule has 0 spiro atoms. The molecule has 0 saturated carbocycles. The maximum Gasteiger partial charge on any atom is 0.0717 e. The molecule has 0 aliphatic carbocycles. The van der Waals surface area contributed by atoms with Crippen LogP contribution in [0.1, 0.15) is 5.56 Å². The Bertz CT molecular complexity index is 258. The van der Waals surface area contributed by atoms with Gasteiger partial charge in [0.05, 0.1) is 13.2 Å². The van der Waals surface area contributed by atoms with E-state index >= 15 is 0 Å². The van der Waals surface area contributed by atoms with Crippen molar-refractivity contribution in [3.05, 3.63) is 34.9 Å². The van der Waals surface area contributed by atoms with Gasteiger partial charge < -0.3 is 9.64 Å². The van der Waals surface area contributed by atoms with E-state index in [1.54, 1.807) is 0 Å². The van der Waals surface area contributed by atoms with Crippen molar-refractivity contribution < 1.29 is 4.74 Å². The molecule has 78 valence electrons. The molecular formula is C11H16ClNO. The van der Waals surface area contributed by atoms with Gasteiger partial charge in [-0.25, -0.2) is 0 Å². The molecule has 0 heterocycles. The van der Waals surface area contributed by atoms with Crippen molar-refractivity contribution >= 4 is 11.6 Å². The Balaban J connectivity index is 2.21. The number of nitrogens with zero attached hydrogens (tertiary/aromatic N) is 1. The maximum atomic E-state index is 5.77. The zero-order chi connectivity index (χ0) is 10.4. The Morgan fingerprint density at radius 3 is 2.43 bits per heavy atom. The highest BCUT2D eigenvalue weighted by Gasteiger charge is 1.94. The lowest BCUT2D eigenvalue weighted by molar-refractivity contribution is 0.105. The van der Waals surface area contributed by atoms with E-state index in [0.717, 1.165) is 23.7 Å². The quantitative estimate of drug-likeness (QED) is 0.697. The molecule has 1 rings (SSSR count). The molecule has 0 atom stereocenters. The highest BCUT2D eigenvalue weighted by Crippen LogP contribution is 2.09. The van der Waals surface area contributed by atoms with E-state index in [1.807, 2.05) is 38.4 Å². The third-order valence-electron chi connectivity index (χ3n) is 1.86. The summed E-state index contributed by atoms with van der Waals surface area (Å²) in [5, 5.41) is 0.766. The second-order valence-electron chi connectivity index (χ2n) is 3.48. The molecule has 0 aliphatic rings. The van der Waals surface area contributed by atoms with Crippen molar-refractivity contribution in [1.29, 1.82) is 0 Å². The maximum absolute atomic E-state index is 5.77. The third kappa shape index (κ3) is 4.61. The Hall–Kier alpha value is -0.570. The van der Waals surface area contributed by atoms with E-state index in [2.05, 4.69) is 4.90 Å². The molecule has 14 heavy (non-hydrogen) atoms. The van der Waals surface area contributed by atoms with E-state index in [1.165, 1.54) is 0 Å². The monoisotopic (exact) mass is 213 g/mol. The second-order valence-corrected chi connectivity index (χ2v) is 3.92. The molecule has 0 bridgehead atoms. The molecule has 0 unspecified atom stereocenters. The molecule has 0 aliphatic heterocycles. The predicted octanol–water partition coefficient (Wildman–Crippen LogP) is 2.42. The molecule has 0 radical (unpaired) electrons. The Morgan fingerprint density at radius 1 is 1.21 bits per heavy atom. The van der Waals surface area contributed by atoms with Crippen LogP contribution in [0.5, 0.6) is 0 Å². The summed E-state index contributed by atoms with van der Waals surface area (Å²) in [6, 6.07) is 7.73. The smallest absolute Gasteiger partial charge is 0.0717 e. The molecule has 0 aromatic heterocycles. The first-order chi connectivity index (χ1) is 6.68. The minimum absolute atomic E-state index is 0.658. The standard InChI is InChI=1S/C11H16ClNO/c1-13(2)7-8-14-9-10-3-5-11(12)6-4-10/h3-6H,7-9H2,1-2H3. The Labute approximate surface area is 90.4 Å².